The molecule has 0 radical (unpaired) electrons. The Morgan fingerprint density at radius 1 is 1.27 bits per heavy atom. The quantitative estimate of drug-likeness (QED) is 0.862. The molecule has 1 heterocycles. The number of hydrogen-bond acceptors (Lipinski definition) is 3. The van der Waals surface area contributed by atoms with Crippen molar-refractivity contribution in [2.24, 2.45) is 5.92 Å². The number of halogens is 1. The first kappa shape index (κ1) is 18.4. The van der Waals surface area contributed by atoms with Gasteiger partial charge in [0.25, 0.3) is 0 Å². The van der Waals surface area contributed by atoms with Crippen LogP contribution in [0.15, 0.2) is 54.6 Å². The molecule has 0 aromatic heterocycles. The zero-order chi connectivity index (χ0) is 18.4. The van der Waals surface area contributed by atoms with Crippen molar-refractivity contribution in [2.45, 2.75) is 19.4 Å². The molecule has 138 valence electrons. The highest BCUT2D eigenvalue weighted by molar-refractivity contribution is 5.79. The molecule has 2 atom stereocenters. The van der Waals surface area contributed by atoms with Gasteiger partial charge in [-0.15, -0.1) is 0 Å². The summed E-state index contributed by atoms with van der Waals surface area (Å²) in [7, 11) is 0. The van der Waals surface area contributed by atoms with E-state index >= 15 is 0 Å². The largest absolute Gasteiger partial charge is 0.494 e. The summed E-state index contributed by atoms with van der Waals surface area (Å²) >= 11 is 0. The molecule has 1 saturated heterocycles. The Kier molecular flexibility index (Phi) is 6.23. The highest BCUT2D eigenvalue weighted by Gasteiger charge is 2.30. The molecule has 0 aliphatic carbocycles. The van der Waals surface area contributed by atoms with Crippen molar-refractivity contribution in [3.8, 4) is 5.75 Å². The average Bonchev–Trinajstić information content (AvgIpc) is 2.68. The van der Waals surface area contributed by atoms with Crippen LogP contribution in [0.5, 0.6) is 5.75 Å². The van der Waals surface area contributed by atoms with Gasteiger partial charge in [0.15, 0.2) is 0 Å². The van der Waals surface area contributed by atoms with Gasteiger partial charge >= 0.3 is 0 Å². The van der Waals surface area contributed by atoms with E-state index < -0.39 is 0 Å². The predicted octanol–water partition coefficient (Wildman–Crippen LogP) is 3.40. The summed E-state index contributed by atoms with van der Waals surface area (Å²) in [5.41, 5.74) is 0.832. The van der Waals surface area contributed by atoms with Crippen LogP contribution < -0.4 is 10.1 Å². The van der Waals surface area contributed by atoms with Gasteiger partial charge in [-0.2, -0.15) is 0 Å². The molecule has 1 N–H and O–H groups in total. The van der Waals surface area contributed by atoms with E-state index in [1.54, 1.807) is 6.07 Å². The van der Waals surface area contributed by atoms with Crippen LogP contribution in [0.2, 0.25) is 0 Å². The van der Waals surface area contributed by atoms with Crippen molar-refractivity contribution in [1.29, 1.82) is 0 Å². The van der Waals surface area contributed by atoms with E-state index in [0.29, 0.717) is 26.1 Å². The normalized spacial score (nSPS) is 18.4. The van der Waals surface area contributed by atoms with Crippen molar-refractivity contribution in [3.63, 3.8) is 0 Å². The second kappa shape index (κ2) is 8.81. The Morgan fingerprint density at radius 3 is 2.85 bits per heavy atom. The molecule has 5 heteroatoms. The molecule has 1 fully saturated rings. The predicted molar refractivity (Wildman–Crippen MR) is 99.4 cm³/mol. The topological polar surface area (TPSA) is 41.6 Å². The van der Waals surface area contributed by atoms with Gasteiger partial charge in [0.05, 0.1) is 12.6 Å². The van der Waals surface area contributed by atoms with Crippen LogP contribution in [0.1, 0.15) is 24.9 Å². The maximum Gasteiger partial charge on any atom is 0.226 e. The molecule has 1 amide bonds. The number of rotatable bonds is 6. The third-order valence-electron chi connectivity index (χ3n) is 4.74. The highest BCUT2D eigenvalue weighted by Crippen LogP contribution is 2.25. The minimum Gasteiger partial charge on any atom is -0.494 e. The number of piperazine rings is 1. The van der Waals surface area contributed by atoms with Crippen LogP contribution in [-0.4, -0.2) is 37.0 Å². The van der Waals surface area contributed by atoms with E-state index in [1.807, 2.05) is 48.2 Å². The fourth-order valence-corrected chi connectivity index (χ4v) is 3.26. The summed E-state index contributed by atoms with van der Waals surface area (Å²) < 4.78 is 19.3. The van der Waals surface area contributed by atoms with Crippen molar-refractivity contribution < 1.29 is 13.9 Å². The van der Waals surface area contributed by atoms with Crippen molar-refractivity contribution in [3.05, 3.63) is 66.0 Å². The third kappa shape index (κ3) is 4.61. The summed E-state index contributed by atoms with van der Waals surface area (Å²) in [6.45, 7) is 4.45. The molecule has 26 heavy (non-hydrogen) atoms. The lowest BCUT2D eigenvalue weighted by atomic mass is 9.99. The average molecular weight is 356 g/mol. The van der Waals surface area contributed by atoms with Gasteiger partial charge in [-0.25, -0.2) is 4.39 Å². The summed E-state index contributed by atoms with van der Waals surface area (Å²) in [5.74, 6) is 0.488. The van der Waals surface area contributed by atoms with Crippen molar-refractivity contribution in [2.75, 3.05) is 26.2 Å². The van der Waals surface area contributed by atoms with E-state index in [1.165, 1.54) is 12.1 Å². The Morgan fingerprint density at radius 2 is 2.08 bits per heavy atom. The second-order valence-corrected chi connectivity index (χ2v) is 6.66. The van der Waals surface area contributed by atoms with Crippen LogP contribution in [0.4, 0.5) is 4.39 Å². The molecule has 0 saturated carbocycles. The number of amides is 1. The van der Waals surface area contributed by atoms with Crippen molar-refractivity contribution in [1.82, 2.24) is 10.2 Å². The zero-order valence-electron chi connectivity index (χ0n) is 15.0. The number of carbonyl (C=O) groups is 1. The van der Waals surface area contributed by atoms with Crippen LogP contribution in [0, 0.1) is 11.7 Å². The lowest BCUT2D eigenvalue weighted by molar-refractivity contribution is -0.138. The first-order valence-corrected chi connectivity index (χ1v) is 9.09. The third-order valence-corrected chi connectivity index (χ3v) is 4.74. The molecule has 2 unspecified atom stereocenters. The molecular formula is C21H25FN2O2. The smallest absolute Gasteiger partial charge is 0.226 e. The molecule has 0 bridgehead atoms. The van der Waals surface area contributed by atoms with Crippen LogP contribution in [-0.2, 0) is 4.79 Å². The molecular weight excluding hydrogens is 331 g/mol. The van der Waals surface area contributed by atoms with Gasteiger partial charge < -0.3 is 15.0 Å². The molecule has 2 aromatic rings. The molecule has 1 aliphatic heterocycles. The fourth-order valence-electron chi connectivity index (χ4n) is 3.26. The van der Waals surface area contributed by atoms with E-state index in [9.17, 15) is 9.18 Å². The molecule has 3 rings (SSSR count). The number of nitrogens with one attached hydrogen (secondary N) is 1. The Hall–Kier alpha value is -2.40. The number of benzene rings is 2. The first-order valence-electron chi connectivity index (χ1n) is 9.09. The molecule has 4 nitrogen and oxygen atoms in total. The highest BCUT2D eigenvalue weighted by atomic mass is 19.1. The number of hydrogen-bond donors (Lipinski definition) is 1. The van der Waals surface area contributed by atoms with Gasteiger partial charge in [0, 0.05) is 25.6 Å². The minimum absolute atomic E-state index is 0.0948. The Balaban J connectivity index is 1.60. The monoisotopic (exact) mass is 356 g/mol. The summed E-state index contributed by atoms with van der Waals surface area (Å²) in [6.07, 6.45) is 0.646. The number of ether oxygens (including phenoxy) is 1. The van der Waals surface area contributed by atoms with Crippen LogP contribution in [0.3, 0.4) is 0 Å². The SMILES string of the molecule is CC(CCOc1ccccc1)C(=O)N1CCNCC1c1cccc(F)c1. The summed E-state index contributed by atoms with van der Waals surface area (Å²) in [6, 6.07) is 16.0. The Labute approximate surface area is 154 Å². The lowest BCUT2D eigenvalue weighted by Crippen LogP contribution is -2.50. The van der Waals surface area contributed by atoms with Gasteiger partial charge in [-0.1, -0.05) is 37.3 Å². The van der Waals surface area contributed by atoms with Gasteiger partial charge in [-0.3, -0.25) is 4.79 Å². The van der Waals surface area contributed by atoms with E-state index in [0.717, 1.165) is 17.9 Å². The van der Waals surface area contributed by atoms with Crippen LogP contribution >= 0.6 is 0 Å². The standard InChI is InChI=1S/C21H25FN2O2/c1-16(10-13-26-19-8-3-2-4-9-19)21(25)24-12-11-23-15-20(24)17-6-5-7-18(22)14-17/h2-9,14,16,20,23H,10-13,15H2,1H3. The van der Waals surface area contributed by atoms with E-state index in [-0.39, 0.29) is 23.7 Å². The van der Waals surface area contributed by atoms with Gasteiger partial charge in [-0.05, 0) is 36.2 Å². The van der Waals surface area contributed by atoms with Gasteiger partial charge in [0.2, 0.25) is 5.91 Å². The minimum atomic E-state index is -0.273. The molecule has 2 aromatic carbocycles. The van der Waals surface area contributed by atoms with Gasteiger partial charge in [0.1, 0.15) is 11.6 Å². The maximum absolute atomic E-state index is 13.6. The lowest BCUT2D eigenvalue weighted by Gasteiger charge is -2.38. The number of para-hydroxylation sites is 1. The Bertz CT molecular complexity index is 723. The number of carbonyl (C=O) groups excluding carboxylic acids is 1. The van der Waals surface area contributed by atoms with E-state index in [2.05, 4.69) is 5.32 Å². The van der Waals surface area contributed by atoms with E-state index in [4.69, 9.17) is 4.74 Å². The molecule has 1 aliphatic rings. The molecule has 0 spiro atoms. The first-order chi connectivity index (χ1) is 12.6. The fraction of sp³-hybridized carbons (Fsp3) is 0.381. The van der Waals surface area contributed by atoms with Crippen LogP contribution in [0.25, 0.3) is 0 Å². The summed E-state index contributed by atoms with van der Waals surface area (Å²) in [4.78, 5) is 14.8. The number of nitrogens with zero attached hydrogens (tertiary/aromatic N) is 1. The maximum atomic E-state index is 13.6. The van der Waals surface area contributed by atoms with Crippen molar-refractivity contribution >= 4 is 5.91 Å². The summed E-state index contributed by atoms with van der Waals surface area (Å²) in [5, 5.41) is 3.30. The second-order valence-electron chi connectivity index (χ2n) is 6.66. The zero-order valence-corrected chi connectivity index (χ0v) is 15.0.